The van der Waals surface area contributed by atoms with Crippen LogP contribution in [-0.4, -0.2) is 6.29 Å². The first-order chi connectivity index (χ1) is 6.00. The van der Waals surface area contributed by atoms with Crippen LogP contribution >= 0.6 is 0 Å². The van der Waals surface area contributed by atoms with Gasteiger partial charge in [0.25, 0.3) is 0 Å². The molecule has 0 saturated heterocycles. The van der Waals surface area contributed by atoms with E-state index in [0.29, 0.717) is 5.41 Å². The van der Waals surface area contributed by atoms with Crippen LogP contribution in [0.25, 0.3) is 0 Å². The highest BCUT2D eigenvalue weighted by Crippen LogP contribution is 2.65. The molecule has 0 aromatic heterocycles. The minimum Gasteiger partial charge on any atom is -0.299 e. The second-order valence-electron chi connectivity index (χ2n) is 5.44. The van der Waals surface area contributed by atoms with E-state index in [2.05, 4.69) is 20.8 Å². The molecule has 0 amide bonds. The summed E-state index contributed by atoms with van der Waals surface area (Å²) in [5, 5.41) is 0. The molecule has 2 fully saturated rings. The van der Waals surface area contributed by atoms with Gasteiger partial charge in [-0.1, -0.05) is 26.3 Å². The van der Waals surface area contributed by atoms with E-state index in [-0.39, 0.29) is 5.41 Å². The Morgan fingerprint density at radius 3 is 2.54 bits per heavy atom. The number of carbonyl (C=O) groups excluding carboxylic acids is 1. The molecule has 13 heavy (non-hydrogen) atoms. The molecule has 1 heteroatoms. The van der Waals surface area contributed by atoms with E-state index in [4.69, 9.17) is 0 Å². The maximum absolute atomic E-state index is 10.6. The van der Waals surface area contributed by atoms with Crippen LogP contribution in [-0.2, 0) is 4.79 Å². The maximum Gasteiger partial charge on any atom is 0.142 e. The Balaban J connectivity index is 2.45. The van der Waals surface area contributed by atoms with Gasteiger partial charge in [0, 0.05) is 0 Å². The number of fused-ring (bicyclic) bond motifs is 2. The number of carbonyl (C=O) groups is 1. The largest absolute Gasteiger partial charge is 0.299 e. The Bertz CT molecular complexity index is 268. The van der Waals surface area contributed by atoms with E-state index in [1.807, 2.05) is 6.08 Å². The lowest BCUT2D eigenvalue weighted by Gasteiger charge is -2.36. The van der Waals surface area contributed by atoms with E-state index in [1.165, 1.54) is 24.8 Å². The van der Waals surface area contributed by atoms with Gasteiger partial charge in [-0.15, -0.1) is 0 Å². The van der Waals surface area contributed by atoms with Gasteiger partial charge in [0.1, 0.15) is 6.29 Å². The van der Waals surface area contributed by atoms with Gasteiger partial charge in [0.05, 0.1) is 0 Å². The monoisotopic (exact) mass is 178 g/mol. The van der Waals surface area contributed by atoms with Gasteiger partial charge >= 0.3 is 0 Å². The van der Waals surface area contributed by atoms with Crippen molar-refractivity contribution in [2.45, 2.75) is 40.0 Å². The third kappa shape index (κ3) is 1.02. The van der Waals surface area contributed by atoms with Crippen LogP contribution in [0, 0.1) is 16.7 Å². The van der Waals surface area contributed by atoms with Gasteiger partial charge < -0.3 is 0 Å². The van der Waals surface area contributed by atoms with E-state index in [9.17, 15) is 4.79 Å². The summed E-state index contributed by atoms with van der Waals surface area (Å²) in [6, 6.07) is 0. The van der Waals surface area contributed by atoms with Crippen LogP contribution in [0.4, 0.5) is 0 Å². The van der Waals surface area contributed by atoms with Crippen LogP contribution in [0.1, 0.15) is 40.0 Å². The molecule has 2 rings (SSSR count). The molecular weight excluding hydrogens is 160 g/mol. The molecule has 2 atom stereocenters. The van der Waals surface area contributed by atoms with Gasteiger partial charge in [-0.25, -0.2) is 0 Å². The smallest absolute Gasteiger partial charge is 0.142 e. The molecule has 2 bridgehead atoms. The minimum atomic E-state index is 0.272. The molecule has 0 radical (unpaired) electrons. The van der Waals surface area contributed by atoms with Gasteiger partial charge in [-0.3, -0.25) is 4.79 Å². The second kappa shape index (κ2) is 2.46. The van der Waals surface area contributed by atoms with Crippen molar-refractivity contribution in [1.29, 1.82) is 0 Å². The van der Waals surface area contributed by atoms with Crippen LogP contribution in [0.5, 0.6) is 0 Å². The summed E-state index contributed by atoms with van der Waals surface area (Å²) in [7, 11) is 0. The topological polar surface area (TPSA) is 17.1 Å². The average Bonchev–Trinajstić information content (AvgIpc) is 2.50. The molecule has 0 heterocycles. The molecule has 0 aromatic rings. The van der Waals surface area contributed by atoms with Crippen molar-refractivity contribution in [3.8, 4) is 0 Å². The van der Waals surface area contributed by atoms with Crippen LogP contribution < -0.4 is 0 Å². The standard InChI is InChI=1S/C12H18O/c1-11(2)9-4-6-12(3,8-9)10(11)5-7-13/h5,7,9H,4,6,8H2,1-3H3/b10-5+. The van der Waals surface area contributed by atoms with Crippen molar-refractivity contribution < 1.29 is 4.79 Å². The molecule has 0 N–H and O–H groups in total. The number of hydrogen-bond acceptors (Lipinski definition) is 1. The number of aldehydes is 1. The summed E-state index contributed by atoms with van der Waals surface area (Å²) >= 11 is 0. The summed E-state index contributed by atoms with van der Waals surface area (Å²) in [6.45, 7) is 6.89. The zero-order valence-corrected chi connectivity index (χ0v) is 8.76. The zero-order chi connectivity index (χ0) is 9.69. The van der Waals surface area contributed by atoms with Gasteiger partial charge in [0.15, 0.2) is 0 Å². The van der Waals surface area contributed by atoms with Gasteiger partial charge in [-0.05, 0) is 42.1 Å². The van der Waals surface area contributed by atoms with Gasteiger partial charge in [0.2, 0.25) is 0 Å². The first kappa shape index (κ1) is 8.98. The molecule has 2 aliphatic rings. The first-order valence-electron chi connectivity index (χ1n) is 5.17. The Labute approximate surface area is 80.2 Å². The van der Waals surface area contributed by atoms with Crippen molar-refractivity contribution in [3.05, 3.63) is 11.6 Å². The molecule has 2 saturated carbocycles. The number of hydrogen-bond donors (Lipinski definition) is 0. The van der Waals surface area contributed by atoms with E-state index >= 15 is 0 Å². The highest BCUT2D eigenvalue weighted by atomic mass is 16.1. The fraction of sp³-hybridized carbons (Fsp3) is 0.750. The van der Waals surface area contributed by atoms with Crippen LogP contribution in [0.2, 0.25) is 0 Å². The van der Waals surface area contributed by atoms with E-state index in [1.54, 1.807) is 0 Å². The molecule has 0 spiro atoms. The molecule has 0 aliphatic heterocycles. The highest BCUT2D eigenvalue weighted by Gasteiger charge is 2.55. The predicted octanol–water partition coefficient (Wildman–Crippen LogP) is 2.96. The molecule has 0 aromatic carbocycles. The predicted molar refractivity (Wildman–Crippen MR) is 53.4 cm³/mol. The average molecular weight is 178 g/mol. The summed E-state index contributed by atoms with van der Waals surface area (Å²) in [6.07, 6.45) is 6.70. The second-order valence-corrected chi connectivity index (χ2v) is 5.44. The quantitative estimate of drug-likeness (QED) is 0.445. The number of rotatable bonds is 1. The normalized spacial score (nSPS) is 44.2. The SMILES string of the molecule is CC12CCC(C1)C(C)(C)/C2=C\C=O. The summed E-state index contributed by atoms with van der Waals surface area (Å²) in [4.78, 5) is 10.6. The van der Waals surface area contributed by atoms with Crippen molar-refractivity contribution in [1.82, 2.24) is 0 Å². The molecule has 2 aliphatic carbocycles. The van der Waals surface area contributed by atoms with Crippen molar-refractivity contribution >= 4 is 6.29 Å². The first-order valence-corrected chi connectivity index (χ1v) is 5.17. The van der Waals surface area contributed by atoms with Gasteiger partial charge in [-0.2, -0.15) is 0 Å². The molecule has 72 valence electrons. The summed E-state index contributed by atoms with van der Waals surface area (Å²) in [5.74, 6) is 0.809. The van der Waals surface area contributed by atoms with Crippen LogP contribution in [0.15, 0.2) is 11.6 Å². The third-order valence-corrected chi connectivity index (χ3v) is 4.34. The minimum absolute atomic E-state index is 0.272. The Morgan fingerprint density at radius 1 is 1.38 bits per heavy atom. The van der Waals surface area contributed by atoms with Crippen LogP contribution in [0.3, 0.4) is 0 Å². The highest BCUT2D eigenvalue weighted by molar-refractivity contribution is 5.67. The molecular formula is C12H18O. The van der Waals surface area contributed by atoms with E-state index < -0.39 is 0 Å². The Morgan fingerprint density at radius 2 is 2.08 bits per heavy atom. The molecule has 2 unspecified atom stereocenters. The Kier molecular flexibility index (Phi) is 1.70. The lowest BCUT2D eigenvalue weighted by atomic mass is 9.68. The third-order valence-electron chi connectivity index (χ3n) is 4.34. The van der Waals surface area contributed by atoms with Crippen molar-refractivity contribution in [2.24, 2.45) is 16.7 Å². The summed E-state index contributed by atoms with van der Waals surface area (Å²) < 4.78 is 0. The Hall–Kier alpha value is -0.590. The zero-order valence-electron chi connectivity index (χ0n) is 8.76. The van der Waals surface area contributed by atoms with Crippen molar-refractivity contribution in [2.75, 3.05) is 0 Å². The summed E-state index contributed by atoms with van der Waals surface area (Å²) in [5.41, 5.74) is 2.01. The lowest BCUT2D eigenvalue weighted by Crippen LogP contribution is -2.26. The van der Waals surface area contributed by atoms with E-state index in [0.717, 1.165) is 12.2 Å². The maximum atomic E-state index is 10.6. The lowest BCUT2D eigenvalue weighted by molar-refractivity contribution is -0.104. The molecule has 1 nitrogen and oxygen atoms in total. The number of allylic oxidation sites excluding steroid dienone is 2. The van der Waals surface area contributed by atoms with Crippen molar-refractivity contribution in [3.63, 3.8) is 0 Å². The fourth-order valence-electron chi connectivity index (χ4n) is 3.58. The fourth-order valence-corrected chi connectivity index (χ4v) is 3.58.